The number of aromatic nitrogens is 2. The first-order valence-corrected chi connectivity index (χ1v) is 9.03. The lowest BCUT2D eigenvalue weighted by Crippen LogP contribution is -1.99. The van der Waals surface area contributed by atoms with E-state index in [1.807, 2.05) is 72.8 Å². The van der Waals surface area contributed by atoms with Gasteiger partial charge in [-0.2, -0.15) is 5.10 Å². The molecule has 4 aromatic rings. The van der Waals surface area contributed by atoms with Gasteiger partial charge in [-0.25, -0.2) is 9.97 Å². The standard InChI is InChI=1S/C21H14Cl2N4/c22-17-10-4-1-7-14(17)13-24-27-21-16-9-3-6-12-19(16)25-20(26-21)15-8-2-5-11-18(15)23/h1-13H,(H,25,26,27)/b24-13-. The van der Waals surface area contributed by atoms with E-state index in [9.17, 15) is 0 Å². The number of nitrogens with one attached hydrogen (secondary N) is 1. The molecule has 0 saturated carbocycles. The quantitative estimate of drug-likeness (QED) is 0.339. The van der Waals surface area contributed by atoms with Crippen LogP contribution in [0.4, 0.5) is 5.82 Å². The van der Waals surface area contributed by atoms with Gasteiger partial charge in [0.05, 0.1) is 16.8 Å². The zero-order chi connectivity index (χ0) is 18.6. The van der Waals surface area contributed by atoms with Crippen LogP contribution in [0.5, 0.6) is 0 Å². The highest BCUT2D eigenvalue weighted by molar-refractivity contribution is 6.33. The van der Waals surface area contributed by atoms with Gasteiger partial charge >= 0.3 is 0 Å². The number of nitrogens with zero attached hydrogens (tertiary/aromatic N) is 3. The van der Waals surface area contributed by atoms with E-state index in [0.29, 0.717) is 21.7 Å². The van der Waals surface area contributed by atoms with E-state index in [-0.39, 0.29) is 0 Å². The van der Waals surface area contributed by atoms with Crippen LogP contribution in [0.25, 0.3) is 22.3 Å². The first-order chi connectivity index (χ1) is 13.2. The summed E-state index contributed by atoms with van der Waals surface area (Å²) in [6.45, 7) is 0. The molecule has 0 spiro atoms. The largest absolute Gasteiger partial charge is 0.261 e. The lowest BCUT2D eigenvalue weighted by Gasteiger charge is -2.09. The molecule has 0 atom stereocenters. The Morgan fingerprint density at radius 3 is 2.30 bits per heavy atom. The van der Waals surface area contributed by atoms with Crippen LogP contribution in [0.15, 0.2) is 77.9 Å². The number of benzene rings is 3. The molecule has 0 fully saturated rings. The molecule has 132 valence electrons. The second-order valence-corrected chi connectivity index (χ2v) is 6.60. The molecule has 0 radical (unpaired) electrons. The maximum Gasteiger partial charge on any atom is 0.163 e. The van der Waals surface area contributed by atoms with Gasteiger partial charge in [0.2, 0.25) is 0 Å². The predicted octanol–water partition coefficient (Wildman–Crippen LogP) is 6.05. The van der Waals surface area contributed by atoms with Crippen LogP contribution in [-0.4, -0.2) is 16.2 Å². The lowest BCUT2D eigenvalue weighted by atomic mass is 10.2. The third-order valence-corrected chi connectivity index (χ3v) is 4.67. The minimum Gasteiger partial charge on any atom is -0.261 e. The SMILES string of the molecule is Clc1ccccc1/C=N\Nc1nc(-c2ccccc2Cl)nc2ccccc12. The predicted molar refractivity (Wildman–Crippen MR) is 113 cm³/mol. The number of para-hydroxylation sites is 1. The molecule has 1 N–H and O–H groups in total. The fraction of sp³-hybridized carbons (Fsp3) is 0. The molecule has 0 amide bonds. The molecule has 6 heteroatoms. The Balaban J connectivity index is 1.75. The summed E-state index contributed by atoms with van der Waals surface area (Å²) in [6, 6.07) is 22.7. The van der Waals surface area contributed by atoms with Crippen molar-refractivity contribution in [1.82, 2.24) is 9.97 Å². The third kappa shape index (κ3) is 3.77. The van der Waals surface area contributed by atoms with Gasteiger partial charge in [0.15, 0.2) is 11.6 Å². The van der Waals surface area contributed by atoms with Gasteiger partial charge in [0.25, 0.3) is 0 Å². The lowest BCUT2D eigenvalue weighted by molar-refractivity contribution is 1.19. The van der Waals surface area contributed by atoms with Crippen LogP contribution in [0, 0.1) is 0 Å². The minimum atomic E-state index is 0.537. The van der Waals surface area contributed by atoms with Gasteiger partial charge in [-0.1, -0.05) is 65.7 Å². The minimum absolute atomic E-state index is 0.537. The van der Waals surface area contributed by atoms with Crippen LogP contribution in [0.2, 0.25) is 10.0 Å². The molecule has 1 aromatic heterocycles. The van der Waals surface area contributed by atoms with Gasteiger partial charge in [0, 0.05) is 21.5 Å². The van der Waals surface area contributed by atoms with Gasteiger partial charge in [0.1, 0.15) is 0 Å². The van der Waals surface area contributed by atoms with E-state index < -0.39 is 0 Å². The Kier molecular flexibility index (Phi) is 5.01. The highest BCUT2D eigenvalue weighted by Crippen LogP contribution is 2.29. The van der Waals surface area contributed by atoms with Crippen molar-refractivity contribution < 1.29 is 0 Å². The van der Waals surface area contributed by atoms with E-state index >= 15 is 0 Å². The van der Waals surface area contributed by atoms with E-state index in [1.54, 1.807) is 6.21 Å². The van der Waals surface area contributed by atoms with Crippen LogP contribution >= 0.6 is 23.2 Å². The highest BCUT2D eigenvalue weighted by atomic mass is 35.5. The smallest absolute Gasteiger partial charge is 0.163 e. The number of hydrogen-bond donors (Lipinski definition) is 1. The number of fused-ring (bicyclic) bond motifs is 1. The maximum atomic E-state index is 6.32. The molecule has 0 aliphatic carbocycles. The van der Waals surface area contributed by atoms with Crippen molar-refractivity contribution in [1.29, 1.82) is 0 Å². The molecular weight excluding hydrogens is 379 g/mol. The van der Waals surface area contributed by atoms with E-state index in [1.165, 1.54) is 0 Å². The fourth-order valence-corrected chi connectivity index (χ4v) is 3.07. The number of rotatable bonds is 4. The van der Waals surface area contributed by atoms with Crippen molar-refractivity contribution in [2.75, 3.05) is 5.43 Å². The van der Waals surface area contributed by atoms with Gasteiger partial charge in [-0.05, 0) is 30.3 Å². The Hall–Kier alpha value is -2.95. The van der Waals surface area contributed by atoms with Crippen molar-refractivity contribution in [2.24, 2.45) is 5.10 Å². The zero-order valence-electron chi connectivity index (χ0n) is 14.1. The van der Waals surface area contributed by atoms with Crippen molar-refractivity contribution in [2.45, 2.75) is 0 Å². The molecule has 4 rings (SSSR count). The van der Waals surface area contributed by atoms with E-state index in [2.05, 4.69) is 20.5 Å². The van der Waals surface area contributed by atoms with Crippen molar-refractivity contribution in [3.05, 3.63) is 88.4 Å². The highest BCUT2D eigenvalue weighted by Gasteiger charge is 2.11. The summed E-state index contributed by atoms with van der Waals surface area (Å²) in [5.74, 6) is 1.13. The summed E-state index contributed by atoms with van der Waals surface area (Å²) in [7, 11) is 0. The number of hydrazone groups is 1. The number of halogens is 2. The summed E-state index contributed by atoms with van der Waals surface area (Å²) in [5.41, 5.74) is 5.40. The van der Waals surface area contributed by atoms with Crippen molar-refractivity contribution in [3.63, 3.8) is 0 Å². The molecule has 4 nitrogen and oxygen atoms in total. The van der Waals surface area contributed by atoms with Gasteiger partial charge in [-0.15, -0.1) is 0 Å². The van der Waals surface area contributed by atoms with Gasteiger partial charge in [-0.3, -0.25) is 5.43 Å². The Morgan fingerprint density at radius 2 is 1.48 bits per heavy atom. The molecule has 0 aliphatic rings. The first-order valence-electron chi connectivity index (χ1n) is 8.27. The second-order valence-electron chi connectivity index (χ2n) is 5.78. The first kappa shape index (κ1) is 17.5. The molecule has 0 saturated heterocycles. The van der Waals surface area contributed by atoms with E-state index in [4.69, 9.17) is 23.2 Å². The second kappa shape index (κ2) is 7.74. The Labute approximate surface area is 166 Å². The monoisotopic (exact) mass is 392 g/mol. The van der Waals surface area contributed by atoms with Crippen molar-refractivity contribution in [3.8, 4) is 11.4 Å². The normalized spacial score (nSPS) is 11.2. The average molecular weight is 393 g/mol. The third-order valence-electron chi connectivity index (χ3n) is 4.00. The summed E-state index contributed by atoms with van der Waals surface area (Å²) in [4.78, 5) is 9.27. The molecular formula is C21H14Cl2N4. The number of anilines is 1. The Bertz CT molecular complexity index is 1140. The molecule has 1 heterocycles. The van der Waals surface area contributed by atoms with E-state index in [0.717, 1.165) is 22.0 Å². The maximum absolute atomic E-state index is 6.32. The molecule has 3 aromatic carbocycles. The molecule has 27 heavy (non-hydrogen) atoms. The summed E-state index contributed by atoms with van der Waals surface area (Å²) >= 11 is 12.5. The van der Waals surface area contributed by atoms with Crippen LogP contribution in [0.1, 0.15) is 5.56 Å². The fourth-order valence-electron chi connectivity index (χ4n) is 2.67. The summed E-state index contributed by atoms with van der Waals surface area (Å²) in [5, 5.41) is 6.39. The Morgan fingerprint density at radius 1 is 0.778 bits per heavy atom. The number of hydrogen-bond acceptors (Lipinski definition) is 4. The zero-order valence-corrected chi connectivity index (χ0v) is 15.6. The summed E-state index contributed by atoms with van der Waals surface area (Å²) in [6.07, 6.45) is 1.66. The summed E-state index contributed by atoms with van der Waals surface area (Å²) < 4.78 is 0. The van der Waals surface area contributed by atoms with Gasteiger partial charge < -0.3 is 0 Å². The van der Waals surface area contributed by atoms with Crippen LogP contribution in [-0.2, 0) is 0 Å². The van der Waals surface area contributed by atoms with Crippen molar-refractivity contribution >= 4 is 46.1 Å². The molecule has 0 aliphatic heterocycles. The van der Waals surface area contributed by atoms with Crippen LogP contribution < -0.4 is 5.43 Å². The molecule has 0 unspecified atom stereocenters. The average Bonchev–Trinajstić information content (AvgIpc) is 2.69. The topological polar surface area (TPSA) is 50.2 Å². The van der Waals surface area contributed by atoms with Crippen LogP contribution in [0.3, 0.4) is 0 Å². The molecule has 0 bridgehead atoms.